The van der Waals surface area contributed by atoms with E-state index >= 15 is 0 Å². The zero-order valence-corrected chi connectivity index (χ0v) is 14.0. The topological polar surface area (TPSA) is 47.9 Å². The quantitative estimate of drug-likeness (QED) is 0.778. The van der Waals surface area contributed by atoms with E-state index in [-0.39, 0.29) is 5.78 Å². The molecular formula is C16H14ClNO3S. The van der Waals surface area contributed by atoms with E-state index in [2.05, 4.69) is 4.99 Å². The second-order valence-corrected chi connectivity index (χ2v) is 6.34. The van der Waals surface area contributed by atoms with Gasteiger partial charge in [-0.2, -0.15) is 0 Å². The minimum Gasteiger partial charge on any atom is -0.495 e. The predicted octanol–water partition coefficient (Wildman–Crippen LogP) is 4.09. The van der Waals surface area contributed by atoms with Crippen molar-refractivity contribution in [3.8, 4) is 5.06 Å². The average Bonchev–Trinajstić information content (AvgIpc) is 3.12. The van der Waals surface area contributed by atoms with Crippen LogP contribution >= 0.6 is 22.9 Å². The number of ether oxygens (including phenoxy) is 2. The van der Waals surface area contributed by atoms with Crippen molar-refractivity contribution in [2.24, 2.45) is 4.99 Å². The maximum atomic E-state index is 12.8. The van der Waals surface area contributed by atoms with Crippen LogP contribution in [-0.2, 0) is 4.74 Å². The van der Waals surface area contributed by atoms with Crippen LogP contribution in [0.3, 0.4) is 0 Å². The first-order valence-electron chi connectivity index (χ1n) is 6.67. The van der Waals surface area contributed by atoms with Crippen LogP contribution in [0.15, 0.2) is 50.8 Å². The summed E-state index contributed by atoms with van der Waals surface area (Å²) in [6.45, 7) is 1.90. The van der Waals surface area contributed by atoms with E-state index in [4.69, 9.17) is 21.1 Å². The van der Waals surface area contributed by atoms with Gasteiger partial charge >= 0.3 is 0 Å². The molecule has 0 N–H and O–H groups in total. The number of carbonyl (C=O) groups is 1. The van der Waals surface area contributed by atoms with Crippen molar-refractivity contribution in [1.29, 1.82) is 0 Å². The summed E-state index contributed by atoms with van der Waals surface area (Å²) in [5.74, 6) is 0.327. The molecule has 6 heteroatoms. The number of rotatable bonds is 4. The summed E-state index contributed by atoms with van der Waals surface area (Å²) < 4.78 is 10.5. The molecule has 3 rings (SSSR count). The smallest absolute Gasteiger partial charge is 0.203 e. The highest BCUT2D eigenvalue weighted by Crippen LogP contribution is 2.38. The minimum absolute atomic E-state index is 0.102. The third-order valence-corrected chi connectivity index (χ3v) is 4.93. The standard InChI is InChI=1S/C16H14ClNO3S/c1-8-6-9-11(18-8)7-10(16(21-3)14(9)17)15(19)12-4-5-13(20-2)22-12/h4-6H,7H2,1-3H3. The summed E-state index contributed by atoms with van der Waals surface area (Å²) in [4.78, 5) is 17.8. The fourth-order valence-corrected chi connectivity index (χ4v) is 3.66. The molecule has 0 fully saturated rings. The van der Waals surface area contributed by atoms with Crippen LogP contribution in [-0.4, -0.2) is 25.7 Å². The number of hydrogen-bond acceptors (Lipinski definition) is 5. The molecule has 0 atom stereocenters. The van der Waals surface area contributed by atoms with Crippen molar-refractivity contribution in [3.05, 3.63) is 50.7 Å². The van der Waals surface area contributed by atoms with Gasteiger partial charge in [0, 0.05) is 17.7 Å². The Morgan fingerprint density at radius 3 is 2.73 bits per heavy atom. The SMILES string of the molecule is COC1=C(C(=O)c2ccc(OC)s2)CC2=NC(C)=CC2=C1Cl. The number of methoxy groups -OCH3 is 2. The van der Waals surface area contributed by atoms with Crippen LogP contribution < -0.4 is 4.74 Å². The Labute approximate surface area is 137 Å². The molecule has 0 spiro atoms. The molecule has 1 aliphatic heterocycles. The van der Waals surface area contributed by atoms with Crippen molar-refractivity contribution < 1.29 is 14.3 Å². The number of allylic oxidation sites excluding steroid dienone is 5. The van der Waals surface area contributed by atoms with Crippen LogP contribution in [0.4, 0.5) is 0 Å². The number of nitrogens with zero attached hydrogens (tertiary/aromatic N) is 1. The van der Waals surface area contributed by atoms with E-state index in [0.717, 1.165) is 17.0 Å². The summed E-state index contributed by atoms with van der Waals surface area (Å²) in [6.07, 6.45) is 2.33. The van der Waals surface area contributed by atoms with E-state index < -0.39 is 0 Å². The lowest BCUT2D eigenvalue weighted by molar-refractivity contribution is 0.102. The molecule has 0 radical (unpaired) electrons. The van der Waals surface area contributed by atoms with Gasteiger partial charge in [0.2, 0.25) is 5.78 Å². The molecule has 2 aliphatic rings. The van der Waals surface area contributed by atoms with E-state index in [1.165, 1.54) is 18.4 Å². The number of ketones is 1. The minimum atomic E-state index is -0.102. The van der Waals surface area contributed by atoms with Gasteiger partial charge in [-0.15, -0.1) is 0 Å². The van der Waals surface area contributed by atoms with Gasteiger partial charge < -0.3 is 9.47 Å². The van der Waals surface area contributed by atoms with Crippen LogP contribution in [0.1, 0.15) is 23.0 Å². The molecule has 0 saturated heterocycles. The Morgan fingerprint density at radius 2 is 2.09 bits per heavy atom. The summed E-state index contributed by atoms with van der Waals surface area (Å²) in [7, 11) is 3.10. The molecule has 1 aromatic rings. The Kier molecular flexibility index (Phi) is 3.93. The largest absolute Gasteiger partial charge is 0.495 e. The van der Waals surface area contributed by atoms with Gasteiger partial charge in [0.05, 0.1) is 35.4 Å². The van der Waals surface area contributed by atoms with Crippen molar-refractivity contribution in [2.75, 3.05) is 14.2 Å². The van der Waals surface area contributed by atoms with Gasteiger partial charge in [0.15, 0.2) is 5.06 Å². The molecular weight excluding hydrogens is 322 g/mol. The van der Waals surface area contributed by atoms with E-state index in [9.17, 15) is 4.79 Å². The molecule has 1 aromatic heterocycles. The van der Waals surface area contributed by atoms with Gasteiger partial charge in [-0.05, 0) is 25.1 Å². The van der Waals surface area contributed by atoms with E-state index in [0.29, 0.717) is 32.7 Å². The molecule has 114 valence electrons. The third-order valence-electron chi connectivity index (χ3n) is 3.51. The van der Waals surface area contributed by atoms with E-state index in [1.807, 2.05) is 13.0 Å². The zero-order chi connectivity index (χ0) is 15.9. The fourth-order valence-electron chi connectivity index (χ4n) is 2.52. The Morgan fingerprint density at radius 1 is 1.32 bits per heavy atom. The van der Waals surface area contributed by atoms with E-state index in [1.54, 1.807) is 19.2 Å². The lowest BCUT2D eigenvalue weighted by Gasteiger charge is -2.19. The molecule has 2 heterocycles. The van der Waals surface area contributed by atoms with Crippen LogP contribution in [0.25, 0.3) is 0 Å². The van der Waals surface area contributed by atoms with Crippen molar-refractivity contribution in [2.45, 2.75) is 13.3 Å². The summed E-state index contributed by atoms with van der Waals surface area (Å²) in [5.41, 5.74) is 3.07. The average molecular weight is 336 g/mol. The Bertz CT molecular complexity index is 783. The molecule has 0 amide bonds. The second kappa shape index (κ2) is 5.74. The summed E-state index contributed by atoms with van der Waals surface area (Å²) >= 11 is 7.71. The lowest BCUT2D eigenvalue weighted by atomic mass is 9.92. The zero-order valence-electron chi connectivity index (χ0n) is 12.4. The highest BCUT2D eigenvalue weighted by molar-refractivity contribution is 7.16. The lowest BCUT2D eigenvalue weighted by Crippen LogP contribution is -2.17. The predicted molar refractivity (Wildman–Crippen MR) is 87.9 cm³/mol. The number of thiophene rings is 1. The van der Waals surface area contributed by atoms with Crippen LogP contribution in [0, 0.1) is 0 Å². The van der Waals surface area contributed by atoms with Crippen molar-refractivity contribution in [3.63, 3.8) is 0 Å². The third kappa shape index (κ3) is 2.40. The van der Waals surface area contributed by atoms with Gasteiger partial charge in [0.1, 0.15) is 5.76 Å². The first kappa shape index (κ1) is 15.1. The monoisotopic (exact) mass is 335 g/mol. The van der Waals surface area contributed by atoms with Crippen LogP contribution in [0.5, 0.6) is 5.06 Å². The van der Waals surface area contributed by atoms with Gasteiger partial charge in [-0.3, -0.25) is 9.79 Å². The normalized spacial score (nSPS) is 17.3. The van der Waals surface area contributed by atoms with Gasteiger partial charge in [-0.25, -0.2) is 0 Å². The maximum Gasteiger partial charge on any atom is 0.203 e. The number of halogens is 1. The Balaban J connectivity index is 2.04. The molecule has 0 aromatic carbocycles. The highest BCUT2D eigenvalue weighted by Gasteiger charge is 2.32. The highest BCUT2D eigenvalue weighted by atomic mass is 35.5. The summed E-state index contributed by atoms with van der Waals surface area (Å²) in [6, 6.07) is 3.52. The molecule has 0 bridgehead atoms. The fraction of sp³-hybridized carbons (Fsp3) is 0.250. The molecule has 1 aliphatic carbocycles. The number of Topliss-reactive ketones (excluding diaryl/α,β-unsaturated/α-hetero) is 1. The first-order chi connectivity index (χ1) is 10.5. The van der Waals surface area contributed by atoms with Crippen molar-refractivity contribution >= 4 is 34.4 Å². The van der Waals surface area contributed by atoms with Crippen LogP contribution in [0.2, 0.25) is 0 Å². The molecule has 4 nitrogen and oxygen atoms in total. The summed E-state index contributed by atoms with van der Waals surface area (Å²) in [5, 5.41) is 1.13. The Hall–Kier alpha value is -1.85. The number of carbonyl (C=O) groups excluding carboxylic acids is 1. The number of hydrogen-bond donors (Lipinski definition) is 0. The first-order valence-corrected chi connectivity index (χ1v) is 7.86. The number of aliphatic imine (C=N–C) groups is 1. The molecule has 0 unspecified atom stereocenters. The molecule has 22 heavy (non-hydrogen) atoms. The number of fused-ring (bicyclic) bond motifs is 1. The van der Waals surface area contributed by atoms with Gasteiger partial charge in [-0.1, -0.05) is 22.9 Å². The van der Waals surface area contributed by atoms with Crippen molar-refractivity contribution in [1.82, 2.24) is 0 Å². The molecule has 0 saturated carbocycles. The van der Waals surface area contributed by atoms with Gasteiger partial charge in [0.25, 0.3) is 0 Å². The second-order valence-electron chi connectivity index (χ2n) is 4.91. The maximum absolute atomic E-state index is 12.8.